The van der Waals surface area contributed by atoms with Crippen molar-refractivity contribution in [1.29, 1.82) is 0 Å². The number of benzene rings is 5. The summed E-state index contributed by atoms with van der Waals surface area (Å²) < 4.78 is 82.8. The minimum atomic E-state index is -4.76. The molecule has 1 aromatic heterocycles. The Morgan fingerprint density at radius 2 is 1.15 bits per heavy atom. The highest BCUT2D eigenvalue weighted by atomic mass is 19.4. The van der Waals surface area contributed by atoms with E-state index in [-0.39, 0.29) is 28.2 Å². The summed E-state index contributed by atoms with van der Waals surface area (Å²) in [6.45, 7) is 17.0. The molecule has 1 heterocycles. The van der Waals surface area contributed by atoms with Gasteiger partial charge in [-0.1, -0.05) is 114 Å². The average Bonchev–Trinajstić information content (AvgIpc) is 3.65. The molecule has 6 rings (SSSR count). The van der Waals surface area contributed by atoms with Crippen LogP contribution in [0.4, 0.5) is 26.3 Å². The summed E-state index contributed by atoms with van der Waals surface area (Å²) in [5.74, 6) is -0.589. The molecule has 0 fully saturated rings. The van der Waals surface area contributed by atoms with Gasteiger partial charge in [-0.05, 0) is 119 Å². The van der Waals surface area contributed by atoms with Crippen LogP contribution in [0.15, 0.2) is 121 Å². The maximum absolute atomic E-state index is 13.8. The van der Waals surface area contributed by atoms with Crippen molar-refractivity contribution in [1.82, 2.24) is 15.2 Å². The zero-order valence-electron chi connectivity index (χ0n) is 36.2. The molecule has 0 atom stereocenters. The van der Waals surface area contributed by atoms with Crippen LogP contribution in [-0.4, -0.2) is 41.6 Å². The van der Waals surface area contributed by atoms with Crippen molar-refractivity contribution in [3.8, 4) is 11.5 Å². The lowest BCUT2D eigenvalue weighted by Gasteiger charge is -2.25. The third-order valence-corrected chi connectivity index (χ3v) is 10.2. The molecule has 0 aliphatic carbocycles. The predicted molar refractivity (Wildman–Crippen MR) is 233 cm³/mol. The normalized spacial score (nSPS) is 12.1. The first-order valence-electron chi connectivity index (χ1n) is 20.5. The summed E-state index contributed by atoms with van der Waals surface area (Å²) in [7, 11) is 0. The number of hydrogen-bond acceptors (Lipinski definition) is 4. The lowest BCUT2D eigenvalue weighted by molar-refractivity contribution is -0.275. The maximum Gasteiger partial charge on any atom is 0.573 e. The highest BCUT2D eigenvalue weighted by molar-refractivity contribution is 6.06. The second kappa shape index (κ2) is 20.0. The number of alkyl halides is 6. The Morgan fingerprint density at radius 3 is 1.66 bits per heavy atom. The van der Waals surface area contributed by atoms with Crippen molar-refractivity contribution in [2.45, 2.75) is 98.0 Å². The number of aromatic amines is 1. The second-order valence-corrected chi connectivity index (χ2v) is 17.4. The Morgan fingerprint density at radius 1 is 0.629 bits per heavy atom. The number of carbonyl (C=O) groups excluding carboxylic acids is 1. The summed E-state index contributed by atoms with van der Waals surface area (Å²) >= 11 is 0. The van der Waals surface area contributed by atoms with Crippen molar-refractivity contribution in [3.05, 3.63) is 166 Å². The molecule has 6 aromatic rings. The van der Waals surface area contributed by atoms with E-state index in [2.05, 4.69) is 97.7 Å². The first-order valence-corrected chi connectivity index (χ1v) is 20.5. The summed E-state index contributed by atoms with van der Waals surface area (Å²) in [6.07, 6.45) is -6.60. The van der Waals surface area contributed by atoms with Gasteiger partial charge in [-0.3, -0.25) is 4.79 Å². The molecular weight excluding hydrogens is 805 g/mol. The molecule has 0 aliphatic rings. The number of hydrogen-bond donors (Lipinski definition) is 2. The van der Waals surface area contributed by atoms with Gasteiger partial charge in [0.2, 0.25) is 0 Å². The van der Waals surface area contributed by atoms with Gasteiger partial charge in [0.05, 0.1) is 11.1 Å². The number of amides is 1. The third-order valence-electron chi connectivity index (χ3n) is 10.2. The Hall–Kier alpha value is -5.75. The van der Waals surface area contributed by atoms with Crippen molar-refractivity contribution >= 4 is 16.8 Å². The Bertz CT molecular complexity index is 2370. The zero-order valence-corrected chi connectivity index (χ0v) is 36.2. The number of H-pyrrole nitrogens is 1. The predicted octanol–water partition coefficient (Wildman–Crippen LogP) is 12.8. The van der Waals surface area contributed by atoms with E-state index < -0.39 is 12.7 Å². The SMILES string of the molecule is CC(C)(C)c1ccc(CNCCc2cccc(OC(F)(F)F)c2)cc1.Cc1cc(C(=O)N(CCc2cccc(OC(F)(F)F)c2)Cc2ccc(C(C)(C)C)cc2)c2[nH]ccc2c1. The molecule has 1 amide bonds. The lowest BCUT2D eigenvalue weighted by Crippen LogP contribution is -2.33. The molecule has 12 heteroatoms. The maximum atomic E-state index is 13.8. The van der Waals surface area contributed by atoms with E-state index in [0.29, 0.717) is 43.6 Å². The molecule has 62 heavy (non-hydrogen) atoms. The highest BCUT2D eigenvalue weighted by Gasteiger charge is 2.32. The van der Waals surface area contributed by atoms with Crippen LogP contribution in [0.25, 0.3) is 10.9 Å². The van der Waals surface area contributed by atoms with Crippen molar-refractivity contribution < 1.29 is 40.6 Å². The fourth-order valence-electron chi connectivity index (χ4n) is 6.89. The third kappa shape index (κ3) is 14.7. The van der Waals surface area contributed by atoms with E-state index in [1.807, 2.05) is 43.5 Å². The molecule has 330 valence electrons. The van der Waals surface area contributed by atoms with Crippen LogP contribution in [0, 0.1) is 6.92 Å². The summed E-state index contributed by atoms with van der Waals surface area (Å²) in [5.41, 5.74) is 8.56. The molecule has 2 N–H and O–H groups in total. The molecule has 0 saturated heterocycles. The van der Waals surface area contributed by atoms with Crippen LogP contribution in [-0.2, 0) is 36.8 Å². The Labute approximate surface area is 360 Å². The monoisotopic (exact) mass is 859 g/mol. The van der Waals surface area contributed by atoms with Gasteiger partial charge in [0, 0.05) is 31.2 Å². The minimum absolute atomic E-state index is 0.0122. The van der Waals surface area contributed by atoms with E-state index in [4.69, 9.17) is 0 Å². The van der Waals surface area contributed by atoms with Gasteiger partial charge in [0.15, 0.2) is 0 Å². The number of ether oxygens (including phenoxy) is 2. The summed E-state index contributed by atoms with van der Waals surface area (Å²) in [6, 6.07) is 34.5. The van der Waals surface area contributed by atoms with Crippen LogP contribution < -0.4 is 14.8 Å². The molecular formula is C50H55F6N3O3. The zero-order chi connectivity index (χ0) is 45.3. The number of nitrogens with one attached hydrogen (secondary N) is 2. The molecule has 0 saturated carbocycles. The van der Waals surface area contributed by atoms with E-state index in [9.17, 15) is 31.1 Å². The molecule has 0 unspecified atom stereocenters. The van der Waals surface area contributed by atoms with Crippen LogP contribution in [0.3, 0.4) is 0 Å². The molecule has 0 radical (unpaired) electrons. The molecule has 5 aromatic carbocycles. The first-order chi connectivity index (χ1) is 29.0. The van der Waals surface area contributed by atoms with Crippen LogP contribution in [0.5, 0.6) is 11.5 Å². The van der Waals surface area contributed by atoms with Gasteiger partial charge in [0.1, 0.15) is 11.5 Å². The van der Waals surface area contributed by atoms with Crippen molar-refractivity contribution in [2.75, 3.05) is 13.1 Å². The average molecular weight is 860 g/mol. The van der Waals surface area contributed by atoms with Gasteiger partial charge in [-0.2, -0.15) is 0 Å². The van der Waals surface area contributed by atoms with E-state index in [0.717, 1.165) is 34.1 Å². The van der Waals surface area contributed by atoms with Gasteiger partial charge in [-0.15, -0.1) is 26.3 Å². The molecule has 0 aliphatic heterocycles. The first kappa shape index (κ1) is 47.3. The smallest absolute Gasteiger partial charge is 0.406 e. The van der Waals surface area contributed by atoms with Gasteiger partial charge >= 0.3 is 12.7 Å². The van der Waals surface area contributed by atoms with Crippen molar-refractivity contribution in [2.24, 2.45) is 0 Å². The summed E-state index contributed by atoms with van der Waals surface area (Å²) in [4.78, 5) is 18.8. The number of halogens is 6. The number of aromatic nitrogens is 1. The molecule has 0 bridgehead atoms. The highest BCUT2D eigenvalue weighted by Crippen LogP contribution is 2.28. The standard InChI is InChI=1S/C30H31F3N2O2.C20H24F3NO/c1-20-16-23-12-14-34-27(23)26(17-20)28(36)35(19-22-8-10-24(11-9-22)29(2,3)4)15-13-21-6-5-7-25(18-21)37-30(31,32)33;1-19(2,3)17-9-7-16(8-10-17)14-24-12-11-15-5-4-6-18(13-15)25-20(21,22)23/h5-12,14,16-18,34H,13,15,19H2,1-4H3;4-10,13,24H,11-12,14H2,1-3H3. The van der Waals surface area contributed by atoms with Crippen LogP contribution >= 0.6 is 0 Å². The Balaban J connectivity index is 0.000000253. The Kier molecular flexibility index (Phi) is 15.2. The van der Waals surface area contributed by atoms with Gasteiger partial charge in [-0.25, -0.2) is 0 Å². The molecule has 6 nitrogen and oxygen atoms in total. The quantitative estimate of drug-likeness (QED) is 0.0897. The van der Waals surface area contributed by atoms with Crippen LogP contribution in [0.1, 0.15) is 90.8 Å². The van der Waals surface area contributed by atoms with Crippen molar-refractivity contribution in [3.63, 3.8) is 0 Å². The number of fused-ring (bicyclic) bond motifs is 1. The second-order valence-electron chi connectivity index (χ2n) is 17.4. The number of aryl methyl sites for hydroxylation is 1. The largest absolute Gasteiger partial charge is 0.573 e. The van der Waals surface area contributed by atoms with Gasteiger partial charge in [0.25, 0.3) is 5.91 Å². The van der Waals surface area contributed by atoms with Gasteiger partial charge < -0.3 is 24.7 Å². The number of rotatable bonds is 13. The van der Waals surface area contributed by atoms with E-state index in [1.54, 1.807) is 23.1 Å². The lowest BCUT2D eigenvalue weighted by atomic mass is 9.87. The topological polar surface area (TPSA) is 66.6 Å². The van der Waals surface area contributed by atoms with E-state index in [1.165, 1.54) is 47.0 Å². The van der Waals surface area contributed by atoms with Crippen LogP contribution in [0.2, 0.25) is 0 Å². The minimum Gasteiger partial charge on any atom is -0.406 e. The number of carbonyl (C=O) groups is 1. The fourth-order valence-corrected chi connectivity index (χ4v) is 6.89. The molecule has 0 spiro atoms. The fraction of sp³-hybridized carbons (Fsp3) is 0.340. The number of nitrogens with zero attached hydrogens (tertiary/aromatic N) is 1. The summed E-state index contributed by atoms with van der Waals surface area (Å²) in [5, 5.41) is 4.27. The van der Waals surface area contributed by atoms with E-state index >= 15 is 0 Å².